The van der Waals surface area contributed by atoms with E-state index in [0.717, 1.165) is 38.5 Å². The third kappa shape index (κ3) is 51.1. The summed E-state index contributed by atoms with van der Waals surface area (Å²) in [6, 6.07) is -0.761. The molecule has 8 nitrogen and oxygen atoms in total. The Kier molecular flexibility index (Phi) is 48.7. The van der Waals surface area contributed by atoms with Gasteiger partial charge in [0.25, 0.3) is 0 Å². The number of phosphoric ester groups is 1. The molecule has 9 heteroatoms. The summed E-state index contributed by atoms with van der Waals surface area (Å²) in [6.45, 7) is 4.93. The van der Waals surface area contributed by atoms with Crippen molar-refractivity contribution in [3.05, 3.63) is 12.2 Å². The molecule has 0 aromatic carbocycles. The van der Waals surface area contributed by atoms with Crippen LogP contribution >= 0.6 is 7.82 Å². The molecule has 3 N–H and O–H groups in total. The van der Waals surface area contributed by atoms with E-state index in [9.17, 15) is 19.4 Å². The lowest BCUT2D eigenvalue weighted by atomic mass is 10.0. The molecule has 0 bridgehead atoms. The van der Waals surface area contributed by atoms with Crippen LogP contribution in [0.3, 0.4) is 0 Å². The maximum atomic E-state index is 13.0. The largest absolute Gasteiger partial charge is 0.472 e. The molecule has 0 aromatic rings. The van der Waals surface area contributed by atoms with E-state index in [1.165, 1.54) is 231 Å². The van der Waals surface area contributed by atoms with Crippen molar-refractivity contribution in [1.82, 2.24) is 5.32 Å². The lowest BCUT2D eigenvalue weighted by molar-refractivity contribution is -0.870. The van der Waals surface area contributed by atoms with Gasteiger partial charge in [-0.15, -0.1) is 0 Å². The predicted octanol–water partition coefficient (Wildman–Crippen LogP) is 17.4. The number of nitrogens with one attached hydrogen (secondary N) is 1. The van der Waals surface area contributed by atoms with Crippen molar-refractivity contribution in [3.8, 4) is 0 Å². The number of unbranched alkanes of at least 4 members (excludes halogenated alkanes) is 39. The number of aliphatic hydroxyl groups is 1. The van der Waals surface area contributed by atoms with E-state index in [-0.39, 0.29) is 19.1 Å². The molecule has 0 aliphatic rings. The zero-order chi connectivity index (χ0) is 48.5. The lowest BCUT2D eigenvalue weighted by Gasteiger charge is -2.26. The molecule has 0 fully saturated rings. The number of amides is 1. The normalized spacial score (nSPS) is 14.0. The van der Waals surface area contributed by atoms with Crippen molar-refractivity contribution in [2.24, 2.45) is 0 Å². The summed E-state index contributed by atoms with van der Waals surface area (Å²) in [4.78, 5) is 23.3. The second-order valence-corrected chi connectivity index (χ2v) is 22.8. The summed E-state index contributed by atoms with van der Waals surface area (Å²) < 4.78 is 23.8. The Morgan fingerprint density at radius 3 is 1.17 bits per heavy atom. The number of carbonyl (C=O) groups is 1. The molecule has 1 amide bonds. The van der Waals surface area contributed by atoms with Crippen LogP contribution in [0, 0.1) is 0 Å². The quantitative estimate of drug-likeness (QED) is 0.0243. The monoisotopic (exact) mass is 956 g/mol. The number of hydrogen-bond donors (Lipinski definition) is 3. The highest BCUT2D eigenvalue weighted by Gasteiger charge is 2.28. The van der Waals surface area contributed by atoms with Crippen LogP contribution in [0.4, 0.5) is 0 Å². The second kappa shape index (κ2) is 49.2. The standard InChI is InChI=1S/C57H115N2O6P/c1-6-8-10-12-14-16-18-20-22-24-26-28-30-32-34-36-38-40-42-44-46-48-50-56(60)55(54-65-66(62,63)64-53-52-59(3,4)5)58-57(61)51-49-47-45-43-41-39-37-35-33-31-29-27-25-23-21-19-17-15-13-11-9-7-2/h31,33,55-56,60H,6-30,32,34-54H2,1-5H3,(H-,58,61,62,63)/p+1/b33-31-. The average Bonchev–Trinajstić information content (AvgIpc) is 3.28. The minimum atomic E-state index is -4.32. The van der Waals surface area contributed by atoms with Crippen molar-refractivity contribution in [2.45, 2.75) is 309 Å². The van der Waals surface area contributed by atoms with Crippen LogP contribution in [0.15, 0.2) is 12.2 Å². The molecule has 0 rings (SSSR count). The van der Waals surface area contributed by atoms with Gasteiger partial charge in [0, 0.05) is 6.42 Å². The zero-order valence-electron chi connectivity index (χ0n) is 45.0. The molecular weight excluding hydrogens is 840 g/mol. The van der Waals surface area contributed by atoms with Crippen LogP contribution in [0.5, 0.6) is 0 Å². The summed E-state index contributed by atoms with van der Waals surface area (Å²) in [5.41, 5.74) is 0. The highest BCUT2D eigenvalue weighted by molar-refractivity contribution is 7.47. The van der Waals surface area contributed by atoms with E-state index in [0.29, 0.717) is 23.9 Å². The molecule has 66 heavy (non-hydrogen) atoms. The van der Waals surface area contributed by atoms with E-state index in [1.807, 2.05) is 21.1 Å². The molecular formula is C57H116N2O6P+. The fourth-order valence-corrected chi connectivity index (χ4v) is 9.66. The van der Waals surface area contributed by atoms with Gasteiger partial charge in [-0.2, -0.15) is 0 Å². The Bertz CT molecular complexity index is 1080. The molecule has 3 unspecified atom stereocenters. The average molecular weight is 957 g/mol. The van der Waals surface area contributed by atoms with Crippen LogP contribution in [0.1, 0.15) is 296 Å². The van der Waals surface area contributed by atoms with Crippen LogP contribution in [-0.4, -0.2) is 73.4 Å². The van der Waals surface area contributed by atoms with Gasteiger partial charge in [0.1, 0.15) is 13.2 Å². The number of allylic oxidation sites excluding steroid dienone is 2. The van der Waals surface area contributed by atoms with Crippen molar-refractivity contribution in [3.63, 3.8) is 0 Å². The van der Waals surface area contributed by atoms with Gasteiger partial charge < -0.3 is 19.8 Å². The first-order valence-corrected chi connectivity index (χ1v) is 30.5. The van der Waals surface area contributed by atoms with Gasteiger partial charge in [-0.3, -0.25) is 13.8 Å². The highest BCUT2D eigenvalue weighted by Crippen LogP contribution is 2.43. The lowest BCUT2D eigenvalue weighted by Crippen LogP contribution is -2.46. The van der Waals surface area contributed by atoms with Crippen LogP contribution in [-0.2, 0) is 18.4 Å². The SMILES string of the molecule is CCCCCCCCCCCCC/C=C\CCCCCCCCCC(=O)NC(COP(=O)(O)OCC[N+](C)(C)C)C(O)CCCCCCCCCCCCCCCCCCCCCCCC. The van der Waals surface area contributed by atoms with Crippen molar-refractivity contribution in [2.75, 3.05) is 40.9 Å². The van der Waals surface area contributed by atoms with E-state index < -0.39 is 20.0 Å². The number of likely N-dealkylation sites (N-methyl/N-ethyl adjacent to an activating group) is 1. The maximum absolute atomic E-state index is 13.0. The molecule has 0 radical (unpaired) electrons. The van der Waals surface area contributed by atoms with Crippen LogP contribution in [0.25, 0.3) is 0 Å². The number of quaternary nitrogens is 1. The summed E-state index contributed by atoms with van der Waals surface area (Å²) in [6.07, 6.45) is 59.8. The third-order valence-corrected chi connectivity index (χ3v) is 14.5. The molecule has 0 aliphatic carbocycles. The minimum absolute atomic E-state index is 0.0763. The first kappa shape index (κ1) is 65.2. The molecule has 0 heterocycles. The number of nitrogens with zero attached hydrogens (tertiary/aromatic N) is 1. The third-order valence-electron chi connectivity index (χ3n) is 13.5. The Labute approximate surface area is 412 Å². The molecule has 394 valence electrons. The zero-order valence-corrected chi connectivity index (χ0v) is 45.9. The summed E-state index contributed by atoms with van der Waals surface area (Å²) in [5, 5.41) is 14.1. The molecule has 0 saturated heterocycles. The van der Waals surface area contributed by atoms with Crippen molar-refractivity contribution in [1.29, 1.82) is 0 Å². The Morgan fingerprint density at radius 2 is 0.818 bits per heavy atom. The minimum Gasteiger partial charge on any atom is -0.391 e. The molecule has 0 saturated carbocycles. The van der Waals surface area contributed by atoms with Crippen molar-refractivity contribution < 1.29 is 32.9 Å². The molecule has 0 aliphatic heterocycles. The Morgan fingerprint density at radius 1 is 0.500 bits per heavy atom. The first-order valence-electron chi connectivity index (χ1n) is 29.1. The van der Waals surface area contributed by atoms with Crippen LogP contribution < -0.4 is 5.32 Å². The number of rotatable bonds is 54. The van der Waals surface area contributed by atoms with Gasteiger partial charge in [0.05, 0.1) is 39.9 Å². The first-order chi connectivity index (χ1) is 32.0. The van der Waals surface area contributed by atoms with E-state index in [4.69, 9.17) is 9.05 Å². The number of phosphoric acid groups is 1. The number of hydrogen-bond acceptors (Lipinski definition) is 5. The van der Waals surface area contributed by atoms with Gasteiger partial charge in [-0.25, -0.2) is 4.57 Å². The maximum Gasteiger partial charge on any atom is 0.472 e. The fourth-order valence-electron chi connectivity index (χ4n) is 8.93. The molecule has 0 spiro atoms. The topological polar surface area (TPSA) is 105 Å². The van der Waals surface area contributed by atoms with Crippen molar-refractivity contribution >= 4 is 13.7 Å². The summed E-state index contributed by atoms with van der Waals surface area (Å²) in [7, 11) is 1.63. The molecule has 0 aromatic heterocycles. The Hall–Kier alpha value is -0.760. The number of aliphatic hydroxyl groups excluding tert-OH is 1. The van der Waals surface area contributed by atoms with E-state index >= 15 is 0 Å². The highest BCUT2D eigenvalue weighted by atomic mass is 31.2. The van der Waals surface area contributed by atoms with Gasteiger partial charge in [-0.1, -0.05) is 264 Å². The number of carbonyl (C=O) groups excluding carboxylic acids is 1. The summed E-state index contributed by atoms with van der Waals surface area (Å²) in [5.74, 6) is -0.143. The van der Waals surface area contributed by atoms with E-state index in [1.54, 1.807) is 0 Å². The Balaban J connectivity index is 4.16. The summed E-state index contributed by atoms with van der Waals surface area (Å²) >= 11 is 0. The van der Waals surface area contributed by atoms with Gasteiger partial charge in [0.2, 0.25) is 5.91 Å². The smallest absolute Gasteiger partial charge is 0.391 e. The van der Waals surface area contributed by atoms with Crippen LogP contribution in [0.2, 0.25) is 0 Å². The second-order valence-electron chi connectivity index (χ2n) is 21.4. The van der Waals surface area contributed by atoms with E-state index in [2.05, 4.69) is 31.3 Å². The predicted molar refractivity (Wildman–Crippen MR) is 286 cm³/mol. The molecule has 3 atom stereocenters. The van der Waals surface area contributed by atoms with Gasteiger partial charge >= 0.3 is 7.82 Å². The van der Waals surface area contributed by atoms with Gasteiger partial charge in [0.15, 0.2) is 0 Å². The fraction of sp³-hybridized carbons (Fsp3) is 0.947. The van der Waals surface area contributed by atoms with Gasteiger partial charge in [-0.05, 0) is 38.5 Å².